The van der Waals surface area contributed by atoms with Crippen molar-refractivity contribution in [2.75, 3.05) is 6.61 Å². The summed E-state index contributed by atoms with van der Waals surface area (Å²) in [7, 11) is 0. The van der Waals surface area contributed by atoms with Crippen molar-refractivity contribution in [1.29, 1.82) is 0 Å². The minimum atomic E-state index is -0.805. The Morgan fingerprint density at radius 1 is 0.968 bits per heavy atom. The Morgan fingerprint density at radius 3 is 2.55 bits per heavy atom. The Morgan fingerprint density at radius 2 is 1.74 bits per heavy atom. The van der Waals surface area contributed by atoms with Gasteiger partial charge in [-0.15, -0.1) is 0 Å². The average molecular weight is 413 g/mol. The Bertz CT molecular complexity index is 1310. The third-order valence-electron chi connectivity index (χ3n) is 4.51. The van der Waals surface area contributed by atoms with E-state index in [2.05, 4.69) is 4.98 Å². The van der Waals surface area contributed by atoms with E-state index in [0.717, 1.165) is 11.1 Å². The van der Waals surface area contributed by atoms with Crippen LogP contribution in [-0.4, -0.2) is 17.6 Å². The average Bonchev–Trinajstić information content (AvgIpc) is 2.79. The maximum absolute atomic E-state index is 12.7. The van der Waals surface area contributed by atoms with Crippen LogP contribution >= 0.6 is 0 Å². The van der Waals surface area contributed by atoms with Gasteiger partial charge in [0.2, 0.25) is 0 Å². The van der Waals surface area contributed by atoms with Crippen LogP contribution in [0.4, 0.5) is 0 Å². The van der Waals surface area contributed by atoms with E-state index in [1.807, 2.05) is 31.2 Å². The van der Waals surface area contributed by atoms with Gasteiger partial charge in [-0.05, 0) is 54.4 Å². The van der Waals surface area contributed by atoms with E-state index >= 15 is 0 Å². The number of ether oxygens (including phenoxy) is 2. The molecule has 0 aliphatic rings. The number of benzene rings is 2. The number of esters is 1. The molecule has 2 aromatic carbocycles. The Balaban J connectivity index is 1.60. The number of hydrogen-bond acceptors (Lipinski definition) is 6. The van der Waals surface area contributed by atoms with E-state index in [-0.39, 0.29) is 11.3 Å². The summed E-state index contributed by atoms with van der Waals surface area (Å²) in [5.41, 5.74) is 1.35. The number of pyridine rings is 1. The second-order valence-electron chi connectivity index (χ2n) is 6.63. The van der Waals surface area contributed by atoms with Crippen LogP contribution in [0.15, 0.2) is 82.3 Å². The highest BCUT2D eigenvalue weighted by Crippen LogP contribution is 2.30. The number of para-hydroxylation sites is 1. The summed E-state index contributed by atoms with van der Waals surface area (Å²) in [4.78, 5) is 28.9. The molecule has 0 saturated heterocycles. The van der Waals surface area contributed by atoms with Crippen LogP contribution in [-0.2, 0) is 0 Å². The highest BCUT2D eigenvalue weighted by atomic mass is 16.6. The maximum Gasteiger partial charge on any atom is 0.351 e. The van der Waals surface area contributed by atoms with E-state index in [9.17, 15) is 9.59 Å². The minimum Gasteiger partial charge on any atom is -0.490 e. The fourth-order valence-corrected chi connectivity index (χ4v) is 3.01. The van der Waals surface area contributed by atoms with Crippen LogP contribution in [0.25, 0.3) is 23.1 Å². The lowest BCUT2D eigenvalue weighted by molar-refractivity contribution is 0.0724. The molecule has 4 aromatic rings. The largest absolute Gasteiger partial charge is 0.490 e. The predicted octanol–water partition coefficient (Wildman–Crippen LogP) is 4.98. The molecule has 0 atom stereocenters. The fraction of sp³-hybridized carbons (Fsp3) is 0.0800. The lowest BCUT2D eigenvalue weighted by Gasteiger charge is -2.11. The van der Waals surface area contributed by atoms with Gasteiger partial charge >= 0.3 is 11.6 Å². The summed E-state index contributed by atoms with van der Waals surface area (Å²) in [5, 5.41) is 0.635. The molecule has 0 amide bonds. The maximum atomic E-state index is 12.7. The second-order valence-corrected chi connectivity index (χ2v) is 6.63. The van der Waals surface area contributed by atoms with Crippen molar-refractivity contribution in [3.05, 3.63) is 100 Å². The van der Waals surface area contributed by atoms with Gasteiger partial charge in [-0.25, -0.2) is 9.59 Å². The molecule has 6 nitrogen and oxygen atoms in total. The zero-order valence-electron chi connectivity index (χ0n) is 16.8. The Hall–Kier alpha value is -4.19. The standard InChI is InChI=1S/C25H19NO5/c1-2-29-23-15-18(8-7-17-11-13-26-14-12-17)9-10-22(23)31-25(28)20-16-19-5-3-4-6-21(19)30-24(20)27/h3-16H,2H2,1H3/b8-7+. The third kappa shape index (κ3) is 4.70. The number of carbonyl (C=O) groups excluding carboxylic acids is 1. The van der Waals surface area contributed by atoms with Crippen LogP contribution in [0.2, 0.25) is 0 Å². The number of rotatable bonds is 6. The SMILES string of the molecule is CCOc1cc(/C=C/c2ccncc2)ccc1OC(=O)c1cc2ccccc2oc1=O. The number of aromatic nitrogens is 1. The van der Waals surface area contributed by atoms with Crippen molar-refractivity contribution >= 4 is 29.1 Å². The van der Waals surface area contributed by atoms with Crippen LogP contribution < -0.4 is 15.1 Å². The van der Waals surface area contributed by atoms with Gasteiger partial charge in [0.1, 0.15) is 11.1 Å². The van der Waals surface area contributed by atoms with E-state index in [4.69, 9.17) is 13.9 Å². The summed E-state index contributed by atoms with van der Waals surface area (Å²) in [6, 6.07) is 17.4. The van der Waals surface area contributed by atoms with Crippen molar-refractivity contribution in [3.8, 4) is 11.5 Å². The normalized spacial score (nSPS) is 11.0. The summed E-state index contributed by atoms with van der Waals surface area (Å²) in [5.74, 6) is -0.182. The molecule has 6 heteroatoms. The summed E-state index contributed by atoms with van der Waals surface area (Å²) in [6.45, 7) is 2.23. The lowest BCUT2D eigenvalue weighted by Crippen LogP contribution is -2.19. The van der Waals surface area contributed by atoms with E-state index in [1.165, 1.54) is 6.07 Å². The third-order valence-corrected chi connectivity index (χ3v) is 4.51. The molecule has 0 unspecified atom stereocenters. The molecule has 2 heterocycles. The zero-order valence-corrected chi connectivity index (χ0v) is 16.8. The summed E-state index contributed by atoms with van der Waals surface area (Å²) in [6.07, 6.45) is 7.30. The molecular formula is C25H19NO5. The van der Waals surface area contributed by atoms with E-state index in [1.54, 1.807) is 54.9 Å². The van der Waals surface area contributed by atoms with Gasteiger partial charge < -0.3 is 13.9 Å². The first-order chi connectivity index (χ1) is 15.1. The number of nitrogens with zero attached hydrogens (tertiary/aromatic N) is 1. The smallest absolute Gasteiger partial charge is 0.351 e. The molecule has 2 aromatic heterocycles. The van der Waals surface area contributed by atoms with Gasteiger partial charge in [0.05, 0.1) is 6.61 Å². The second kappa shape index (κ2) is 9.09. The molecule has 0 radical (unpaired) electrons. The van der Waals surface area contributed by atoms with Gasteiger partial charge in [-0.1, -0.05) is 36.4 Å². The molecule has 31 heavy (non-hydrogen) atoms. The van der Waals surface area contributed by atoms with Crippen molar-refractivity contribution in [1.82, 2.24) is 4.98 Å². The van der Waals surface area contributed by atoms with Gasteiger partial charge in [0, 0.05) is 17.8 Å². The van der Waals surface area contributed by atoms with Gasteiger partial charge in [-0.3, -0.25) is 4.98 Å². The van der Waals surface area contributed by atoms with Crippen LogP contribution in [0.3, 0.4) is 0 Å². The Kier molecular flexibility index (Phi) is 5.89. The minimum absolute atomic E-state index is 0.178. The van der Waals surface area contributed by atoms with Crippen molar-refractivity contribution in [2.45, 2.75) is 6.92 Å². The molecule has 154 valence electrons. The number of hydrogen-bond donors (Lipinski definition) is 0. The predicted molar refractivity (Wildman–Crippen MR) is 118 cm³/mol. The monoisotopic (exact) mass is 413 g/mol. The molecular weight excluding hydrogens is 394 g/mol. The first-order valence-corrected chi connectivity index (χ1v) is 9.74. The number of carbonyl (C=O) groups is 1. The first-order valence-electron chi connectivity index (χ1n) is 9.74. The molecule has 0 spiro atoms. The van der Waals surface area contributed by atoms with Crippen LogP contribution in [0, 0.1) is 0 Å². The number of fused-ring (bicyclic) bond motifs is 1. The van der Waals surface area contributed by atoms with E-state index in [0.29, 0.717) is 23.3 Å². The quantitative estimate of drug-likeness (QED) is 0.252. The first kappa shape index (κ1) is 20.1. The molecule has 0 saturated carbocycles. The molecule has 0 aliphatic carbocycles. The zero-order chi connectivity index (χ0) is 21.6. The molecule has 4 rings (SSSR count). The topological polar surface area (TPSA) is 78.6 Å². The van der Waals surface area contributed by atoms with Gasteiger partial charge in [-0.2, -0.15) is 0 Å². The van der Waals surface area contributed by atoms with Crippen molar-refractivity contribution in [2.24, 2.45) is 0 Å². The molecule has 0 N–H and O–H groups in total. The van der Waals surface area contributed by atoms with Crippen molar-refractivity contribution < 1.29 is 18.7 Å². The lowest BCUT2D eigenvalue weighted by atomic mass is 10.1. The molecule has 0 bridgehead atoms. The highest BCUT2D eigenvalue weighted by molar-refractivity contribution is 5.94. The summed E-state index contributed by atoms with van der Waals surface area (Å²) < 4.78 is 16.3. The molecule has 0 fully saturated rings. The fourth-order valence-electron chi connectivity index (χ4n) is 3.01. The van der Waals surface area contributed by atoms with Crippen LogP contribution in [0.1, 0.15) is 28.4 Å². The van der Waals surface area contributed by atoms with Gasteiger partial charge in [0.15, 0.2) is 11.5 Å². The summed E-state index contributed by atoms with van der Waals surface area (Å²) >= 11 is 0. The van der Waals surface area contributed by atoms with Crippen LogP contribution in [0.5, 0.6) is 11.5 Å². The highest BCUT2D eigenvalue weighted by Gasteiger charge is 2.18. The van der Waals surface area contributed by atoms with E-state index < -0.39 is 11.6 Å². The Labute approximate surface area is 178 Å². The van der Waals surface area contributed by atoms with Crippen molar-refractivity contribution in [3.63, 3.8) is 0 Å². The molecule has 0 aliphatic heterocycles. The van der Waals surface area contributed by atoms with Gasteiger partial charge in [0.25, 0.3) is 0 Å².